The molecule has 2 aromatic carbocycles. The number of hydrogen-bond acceptors (Lipinski definition) is 1. The molecule has 0 saturated heterocycles. The van der Waals surface area contributed by atoms with Gasteiger partial charge in [-0.2, -0.15) is 0 Å². The van der Waals surface area contributed by atoms with Crippen molar-refractivity contribution < 1.29 is 0 Å². The molecule has 1 heteroatoms. The fourth-order valence-electron chi connectivity index (χ4n) is 3.98. The number of hydrogen-bond donors (Lipinski definition) is 1. The summed E-state index contributed by atoms with van der Waals surface area (Å²) in [7, 11) is 0. The van der Waals surface area contributed by atoms with Crippen LogP contribution in [-0.2, 0) is 6.42 Å². The fraction of sp³-hybridized carbons (Fsp3) is 0.474. The van der Waals surface area contributed by atoms with Crippen LogP contribution < -0.4 is 5.73 Å². The number of benzene rings is 2. The summed E-state index contributed by atoms with van der Waals surface area (Å²) in [6.07, 6.45) is 7.35. The summed E-state index contributed by atoms with van der Waals surface area (Å²) in [5.74, 6) is 0.676. The normalized spacial score (nSPS) is 26.8. The van der Waals surface area contributed by atoms with Gasteiger partial charge in [-0.3, -0.25) is 0 Å². The van der Waals surface area contributed by atoms with E-state index in [1.807, 2.05) is 0 Å². The maximum absolute atomic E-state index is 6.84. The van der Waals surface area contributed by atoms with Gasteiger partial charge in [0.2, 0.25) is 0 Å². The van der Waals surface area contributed by atoms with E-state index in [9.17, 15) is 0 Å². The lowest BCUT2D eigenvalue weighted by Gasteiger charge is -2.41. The first kappa shape index (κ1) is 13.6. The Hall–Kier alpha value is -1.34. The molecule has 0 radical (unpaired) electrons. The molecular weight excluding hydrogens is 242 g/mol. The van der Waals surface area contributed by atoms with Crippen molar-refractivity contribution in [1.82, 2.24) is 0 Å². The summed E-state index contributed by atoms with van der Waals surface area (Å²) in [5.41, 5.74) is 8.26. The lowest BCUT2D eigenvalue weighted by molar-refractivity contribution is 0.182. The molecule has 1 aliphatic rings. The molecule has 0 bridgehead atoms. The third-order valence-electron chi connectivity index (χ3n) is 5.15. The molecule has 20 heavy (non-hydrogen) atoms. The van der Waals surface area contributed by atoms with Gasteiger partial charge in [0.1, 0.15) is 0 Å². The fourth-order valence-corrected chi connectivity index (χ4v) is 3.98. The van der Waals surface area contributed by atoms with E-state index in [-0.39, 0.29) is 5.54 Å². The van der Waals surface area contributed by atoms with Crippen molar-refractivity contribution in [3.63, 3.8) is 0 Å². The highest BCUT2D eigenvalue weighted by molar-refractivity contribution is 5.85. The second kappa shape index (κ2) is 5.57. The maximum Gasteiger partial charge on any atom is 0.0223 e. The standard InChI is InChI=1S/C19H25N/c1-2-17-11-5-6-13-19(17,20)14-16-10-7-9-15-8-3-4-12-18(15)16/h3-4,7-10,12,17H,2,5-6,11,13-14,20H2,1H3. The molecule has 0 heterocycles. The molecule has 1 fully saturated rings. The van der Waals surface area contributed by atoms with Gasteiger partial charge >= 0.3 is 0 Å². The highest BCUT2D eigenvalue weighted by Crippen LogP contribution is 2.37. The van der Waals surface area contributed by atoms with E-state index in [0.29, 0.717) is 5.92 Å². The molecule has 3 rings (SSSR count). The van der Waals surface area contributed by atoms with Gasteiger partial charge in [-0.05, 0) is 41.5 Å². The molecule has 0 aliphatic heterocycles. The van der Waals surface area contributed by atoms with Crippen molar-refractivity contribution in [1.29, 1.82) is 0 Å². The van der Waals surface area contributed by atoms with Crippen LogP contribution in [0.2, 0.25) is 0 Å². The first-order chi connectivity index (χ1) is 9.73. The molecule has 2 unspecified atom stereocenters. The molecule has 2 atom stereocenters. The van der Waals surface area contributed by atoms with Crippen molar-refractivity contribution >= 4 is 10.8 Å². The molecule has 1 saturated carbocycles. The van der Waals surface area contributed by atoms with E-state index in [0.717, 1.165) is 6.42 Å². The van der Waals surface area contributed by atoms with Crippen LogP contribution in [0.5, 0.6) is 0 Å². The maximum atomic E-state index is 6.84. The van der Waals surface area contributed by atoms with Gasteiger partial charge in [0.25, 0.3) is 0 Å². The zero-order chi connectivity index (χ0) is 14.0. The average Bonchev–Trinajstić information content (AvgIpc) is 2.48. The summed E-state index contributed by atoms with van der Waals surface area (Å²) >= 11 is 0. The Kier molecular flexibility index (Phi) is 3.80. The molecule has 106 valence electrons. The van der Waals surface area contributed by atoms with Crippen LogP contribution in [0.4, 0.5) is 0 Å². The summed E-state index contributed by atoms with van der Waals surface area (Å²) in [6, 6.07) is 15.3. The van der Waals surface area contributed by atoms with Crippen molar-refractivity contribution in [2.24, 2.45) is 11.7 Å². The van der Waals surface area contributed by atoms with Crippen LogP contribution in [-0.4, -0.2) is 5.54 Å². The Labute approximate surface area is 122 Å². The third-order valence-corrected chi connectivity index (χ3v) is 5.15. The van der Waals surface area contributed by atoms with Crippen LogP contribution in [0.25, 0.3) is 10.8 Å². The van der Waals surface area contributed by atoms with Crippen molar-refractivity contribution in [2.45, 2.75) is 51.0 Å². The van der Waals surface area contributed by atoms with E-state index in [2.05, 4.69) is 49.4 Å². The molecule has 2 N–H and O–H groups in total. The van der Waals surface area contributed by atoms with Gasteiger partial charge in [-0.25, -0.2) is 0 Å². The van der Waals surface area contributed by atoms with Crippen LogP contribution in [0.3, 0.4) is 0 Å². The highest BCUT2D eigenvalue weighted by atomic mass is 14.8. The van der Waals surface area contributed by atoms with Gasteiger partial charge < -0.3 is 5.73 Å². The van der Waals surface area contributed by atoms with E-state index < -0.39 is 0 Å². The van der Waals surface area contributed by atoms with Crippen LogP contribution in [0.15, 0.2) is 42.5 Å². The quantitative estimate of drug-likeness (QED) is 0.858. The zero-order valence-corrected chi connectivity index (χ0v) is 12.4. The Morgan fingerprint density at radius 2 is 1.90 bits per heavy atom. The van der Waals surface area contributed by atoms with Gasteiger partial charge in [0.05, 0.1) is 0 Å². The van der Waals surface area contributed by atoms with Crippen LogP contribution >= 0.6 is 0 Å². The van der Waals surface area contributed by atoms with E-state index in [1.54, 1.807) is 0 Å². The highest BCUT2D eigenvalue weighted by Gasteiger charge is 2.36. The summed E-state index contributed by atoms with van der Waals surface area (Å²) in [6.45, 7) is 2.29. The molecule has 1 nitrogen and oxygen atoms in total. The first-order valence-corrected chi connectivity index (χ1v) is 7.98. The first-order valence-electron chi connectivity index (χ1n) is 7.98. The average molecular weight is 267 g/mol. The SMILES string of the molecule is CCC1CCCCC1(N)Cc1cccc2ccccc12. The minimum absolute atomic E-state index is 0.00285. The van der Waals surface area contributed by atoms with Crippen molar-refractivity contribution in [2.75, 3.05) is 0 Å². The molecule has 0 spiro atoms. The second-order valence-corrected chi connectivity index (χ2v) is 6.40. The van der Waals surface area contributed by atoms with E-state index in [4.69, 9.17) is 5.73 Å². The third kappa shape index (κ3) is 2.47. The molecular formula is C19H25N. The molecule has 0 amide bonds. The summed E-state index contributed by atoms with van der Waals surface area (Å²) in [5, 5.41) is 2.71. The number of nitrogens with two attached hydrogens (primary N) is 1. The predicted molar refractivity (Wildman–Crippen MR) is 86.8 cm³/mol. The molecule has 1 aliphatic carbocycles. The smallest absolute Gasteiger partial charge is 0.0223 e. The van der Waals surface area contributed by atoms with Crippen molar-refractivity contribution in [3.8, 4) is 0 Å². The van der Waals surface area contributed by atoms with Gasteiger partial charge in [-0.1, -0.05) is 68.7 Å². The second-order valence-electron chi connectivity index (χ2n) is 6.40. The molecule has 2 aromatic rings. The topological polar surface area (TPSA) is 26.0 Å². The van der Waals surface area contributed by atoms with Crippen LogP contribution in [0, 0.1) is 5.92 Å². The monoisotopic (exact) mass is 267 g/mol. The zero-order valence-electron chi connectivity index (χ0n) is 12.4. The Morgan fingerprint density at radius 3 is 2.75 bits per heavy atom. The summed E-state index contributed by atoms with van der Waals surface area (Å²) < 4.78 is 0. The van der Waals surface area contributed by atoms with Crippen LogP contribution in [0.1, 0.15) is 44.6 Å². The van der Waals surface area contributed by atoms with E-state index in [1.165, 1.54) is 48.4 Å². The Balaban J connectivity index is 1.95. The van der Waals surface area contributed by atoms with Gasteiger partial charge in [-0.15, -0.1) is 0 Å². The minimum atomic E-state index is -0.00285. The Bertz CT molecular complexity index is 584. The Morgan fingerprint density at radius 1 is 1.10 bits per heavy atom. The number of rotatable bonds is 3. The number of fused-ring (bicyclic) bond motifs is 1. The van der Waals surface area contributed by atoms with Crippen molar-refractivity contribution in [3.05, 3.63) is 48.0 Å². The predicted octanol–water partition coefficient (Wildman–Crippen LogP) is 4.68. The van der Waals surface area contributed by atoms with Gasteiger partial charge in [0, 0.05) is 5.54 Å². The minimum Gasteiger partial charge on any atom is -0.325 e. The molecule has 0 aromatic heterocycles. The van der Waals surface area contributed by atoms with E-state index >= 15 is 0 Å². The summed E-state index contributed by atoms with van der Waals surface area (Å²) in [4.78, 5) is 0. The lowest BCUT2D eigenvalue weighted by Crippen LogP contribution is -2.50. The largest absolute Gasteiger partial charge is 0.325 e. The van der Waals surface area contributed by atoms with Gasteiger partial charge in [0.15, 0.2) is 0 Å². The lowest BCUT2D eigenvalue weighted by atomic mass is 9.69.